The first kappa shape index (κ1) is 62.4. The standard InChI is InChI=1S/C64H81N7O14Si/c1-13-25-83-61(76)69-35-44-28-42(41-17-21-45(78-8)22-18-41)34-68(44)58(74)46-29-51(79-9)53(31-48(46)69)81-26-14-27-82-54-32-49-47(30-52(54)80-10)59(75)70-37-64(23-24-64)33-50(70)60(85-86(11,12)63(5,6)7)71(49)62(77)84-36-40-15-19-43(20-16-40)67-56(72)39(4)66-57(73)55(65)38(2)3/h13,15-22,29-32,34,38-39,44,50,55,60H,1,14,23-28,33,35-37,65H2,2-12H3,(H,66,73)(H,67,72)/t39-,44-,50-,55+,60?/m0/s1. The maximum atomic E-state index is 15.1. The molecule has 1 aliphatic carbocycles. The second-order valence-electron chi connectivity index (χ2n) is 24.6. The number of amides is 6. The molecule has 6 amide bonds. The Labute approximate surface area is 504 Å². The molecule has 0 aromatic heterocycles. The average molecular weight is 1200 g/mol. The molecule has 21 nitrogen and oxygen atoms in total. The molecule has 4 aromatic carbocycles. The Bertz CT molecular complexity index is 3270. The largest absolute Gasteiger partial charge is 0.497 e. The van der Waals surface area contributed by atoms with Gasteiger partial charge in [-0.25, -0.2) is 14.5 Å². The zero-order valence-electron chi connectivity index (χ0n) is 51.1. The number of fused-ring (bicyclic) bond motifs is 4. The van der Waals surface area contributed by atoms with Crippen molar-refractivity contribution in [2.75, 3.05) is 69.4 Å². The van der Waals surface area contributed by atoms with Crippen molar-refractivity contribution in [3.63, 3.8) is 0 Å². The average Bonchev–Trinajstić information content (AvgIpc) is 1.58. The Morgan fingerprint density at radius 1 is 0.802 bits per heavy atom. The molecule has 0 bridgehead atoms. The number of nitrogens with zero attached hydrogens (tertiary/aromatic N) is 4. The van der Waals surface area contributed by atoms with Gasteiger partial charge in [0.1, 0.15) is 25.0 Å². The van der Waals surface area contributed by atoms with E-state index in [9.17, 15) is 19.2 Å². The highest BCUT2D eigenvalue weighted by Crippen LogP contribution is 2.58. The number of benzene rings is 4. The van der Waals surface area contributed by atoms with Gasteiger partial charge < -0.3 is 63.8 Å². The van der Waals surface area contributed by atoms with Crippen molar-refractivity contribution in [2.24, 2.45) is 17.1 Å². The summed E-state index contributed by atoms with van der Waals surface area (Å²) in [5.41, 5.74) is 9.81. The summed E-state index contributed by atoms with van der Waals surface area (Å²) in [5, 5.41) is 5.19. The number of nitrogens with one attached hydrogen (secondary N) is 2. The molecule has 9 rings (SSSR count). The van der Waals surface area contributed by atoms with Crippen molar-refractivity contribution in [1.29, 1.82) is 0 Å². The van der Waals surface area contributed by atoms with E-state index in [4.69, 9.17) is 43.3 Å². The van der Waals surface area contributed by atoms with Gasteiger partial charge in [-0.3, -0.25) is 24.1 Å². The predicted molar refractivity (Wildman–Crippen MR) is 327 cm³/mol. The lowest BCUT2D eigenvalue weighted by atomic mass is 10.0. The van der Waals surface area contributed by atoms with Crippen LogP contribution < -0.4 is 49.9 Å². The SMILES string of the molecule is C=CCOC(=O)N1C[C@@H]2CC(c3ccc(OC)cc3)=CN2C(=O)c2cc(OC)c(OCCCOc3cc4c(cc3OC)C(=O)N3CC5(CC5)C[C@H]3C(O[Si](C)(C)C(C)(C)C)N4C(=O)OCc3ccc(NC(=O)[C@H](C)NC(=O)[C@H](N)C(C)C)cc3)cc21. The van der Waals surface area contributed by atoms with E-state index in [-0.39, 0.29) is 101 Å². The van der Waals surface area contributed by atoms with Gasteiger partial charge in [0, 0.05) is 37.0 Å². The first-order valence-electron chi connectivity index (χ1n) is 29.2. The van der Waals surface area contributed by atoms with E-state index < -0.39 is 62.7 Å². The van der Waals surface area contributed by atoms with Crippen molar-refractivity contribution < 1.29 is 66.4 Å². The number of nitrogens with two attached hydrogens (primary N) is 1. The number of rotatable bonds is 21. The molecular formula is C64H81N7O14Si. The van der Waals surface area contributed by atoms with Crippen molar-refractivity contribution in [1.82, 2.24) is 15.1 Å². The minimum Gasteiger partial charge on any atom is -0.497 e. The lowest BCUT2D eigenvalue weighted by molar-refractivity contribution is -0.127. The molecule has 1 spiro atoms. The molecule has 1 unspecified atom stereocenters. The Morgan fingerprint density at radius 3 is 2.01 bits per heavy atom. The van der Waals surface area contributed by atoms with E-state index in [1.54, 1.807) is 67.5 Å². The van der Waals surface area contributed by atoms with E-state index in [0.717, 1.165) is 24.0 Å². The fourth-order valence-electron chi connectivity index (χ4n) is 10.9. The first-order valence-corrected chi connectivity index (χ1v) is 32.1. The molecule has 22 heteroatoms. The van der Waals surface area contributed by atoms with Crippen molar-refractivity contribution >= 4 is 66.8 Å². The topological polar surface area (TPSA) is 239 Å². The first-order chi connectivity index (χ1) is 40.9. The van der Waals surface area contributed by atoms with Gasteiger partial charge in [-0.2, -0.15) is 0 Å². The summed E-state index contributed by atoms with van der Waals surface area (Å²) in [6, 6.07) is 18.3. The number of carbonyl (C=O) groups excluding carboxylic acids is 6. The minimum atomic E-state index is -2.70. The quantitative estimate of drug-likeness (QED) is 0.0400. The summed E-state index contributed by atoms with van der Waals surface area (Å²) in [4.78, 5) is 90.5. The maximum absolute atomic E-state index is 15.1. The van der Waals surface area contributed by atoms with Crippen molar-refractivity contribution in [3.8, 4) is 28.7 Å². The van der Waals surface area contributed by atoms with Crippen molar-refractivity contribution in [3.05, 3.63) is 114 Å². The van der Waals surface area contributed by atoms with E-state index >= 15 is 9.59 Å². The van der Waals surface area contributed by atoms with Gasteiger partial charge in [-0.15, -0.1) is 0 Å². The molecule has 5 aliphatic rings. The number of methoxy groups -OCH3 is 3. The van der Waals surface area contributed by atoms with Gasteiger partial charge in [-0.05, 0) is 115 Å². The third-order valence-corrected chi connectivity index (χ3v) is 21.7. The van der Waals surface area contributed by atoms with Crippen molar-refractivity contribution in [2.45, 2.75) is 129 Å². The molecule has 5 atom stereocenters. The number of ether oxygens (including phenoxy) is 7. The van der Waals surface area contributed by atoms with Crippen LogP contribution in [0.5, 0.6) is 28.7 Å². The monoisotopic (exact) mass is 1200 g/mol. The Kier molecular flexibility index (Phi) is 18.5. The third-order valence-electron chi connectivity index (χ3n) is 17.3. The number of hydrogen-bond donors (Lipinski definition) is 3. The van der Waals surface area contributed by atoms with Crippen LogP contribution in [0.2, 0.25) is 18.1 Å². The summed E-state index contributed by atoms with van der Waals surface area (Å²) < 4.78 is 49.0. The van der Waals surface area contributed by atoms with E-state index in [0.29, 0.717) is 48.5 Å². The van der Waals surface area contributed by atoms with Gasteiger partial charge in [0.2, 0.25) is 11.8 Å². The van der Waals surface area contributed by atoms with Crippen LogP contribution >= 0.6 is 0 Å². The highest BCUT2D eigenvalue weighted by atomic mass is 28.4. The van der Waals surface area contributed by atoms with Crippen LogP contribution in [0, 0.1) is 11.3 Å². The lowest BCUT2D eigenvalue weighted by Gasteiger charge is -2.44. The zero-order chi connectivity index (χ0) is 62.0. The molecule has 86 heavy (non-hydrogen) atoms. The van der Waals surface area contributed by atoms with E-state index in [1.165, 1.54) is 30.1 Å². The molecule has 0 radical (unpaired) electrons. The Balaban J connectivity index is 0.954. The molecule has 4 heterocycles. The summed E-state index contributed by atoms with van der Waals surface area (Å²) in [6.07, 6.45) is 4.32. The molecular weight excluding hydrogens is 1120 g/mol. The predicted octanol–water partition coefficient (Wildman–Crippen LogP) is 9.88. The molecule has 4 aliphatic heterocycles. The van der Waals surface area contributed by atoms with Crippen LogP contribution in [0.25, 0.3) is 5.57 Å². The number of carbonyl (C=O) groups is 6. The van der Waals surface area contributed by atoms with Gasteiger partial charge >= 0.3 is 12.2 Å². The lowest BCUT2D eigenvalue weighted by Crippen LogP contribution is -2.58. The fraction of sp³-hybridized carbons (Fsp3) is 0.469. The smallest absolute Gasteiger partial charge is 0.416 e. The van der Waals surface area contributed by atoms with Crippen LogP contribution in [0.1, 0.15) is 105 Å². The maximum Gasteiger partial charge on any atom is 0.416 e. The van der Waals surface area contributed by atoms with Crippen LogP contribution in [0.4, 0.5) is 26.7 Å². The van der Waals surface area contributed by atoms with Gasteiger partial charge in [0.05, 0.1) is 81.7 Å². The van der Waals surface area contributed by atoms with Gasteiger partial charge in [0.25, 0.3) is 11.8 Å². The number of anilines is 3. The molecule has 1 saturated heterocycles. The summed E-state index contributed by atoms with van der Waals surface area (Å²) in [7, 11) is 1.86. The summed E-state index contributed by atoms with van der Waals surface area (Å²) in [5.74, 6) is 0.212. The van der Waals surface area contributed by atoms with Crippen LogP contribution in [-0.4, -0.2) is 139 Å². The van der Waals surface area contributed by atoms with Crippen LogP contribution in [0.3, 0.4) is 0 Å². The van der Waals surface area contributed by atoms with E-state index in [1.807, 2.05) is 49.2 Å². The number of hydrogen-bond acceptors (Lipinski definition) is 15. The normalized spacial score (nSPS) is 19.2. The minimum absolute atomic E-state index is 0.0409. The Hall–Kier alpha value is -8.08. The molecule has 460 valence electrons. The summed E-state index contributed by atoms with van der Waals surface area (Å²) >= 11 is 0. The zero-order valence-corrected chi connectivity index (χ0v) is 52.1. The molecule has 4 N–H and O–H groups in total. The van der Waals surface area contributed by atoms with Crippen LogP contribution in [0.15, 0.2) is 91.7 Å². The second-order valence-corrected chi connectivity index (χ2v) is 29.4. The molecule has 1 saturated carbocycles. The van der Waals surface area contributed by atoms with Gasteiger partial charge in [-0.1, -0.05) is 71.5 Å². The Morgan fingerprint density at radius 2 is 1.43 bits per heavy atom. The second kappa shape index (κ2) is 25.5. The molecule has 4 aromatic rings. The third kappa shape index (κ3) is 13.2. The highest BCUT2D eigenvalue weighted by molar-refractivity contribution is 6.74. The summed E-state index contributed by atoms with van der Waals surface area (Å²) in [6.45, 7) is 20.1. The fourth-order valence-corrected chi connectivity index (χ4v) is 12.1. The highest BCUT2D eigenvalue weighted by Gasteiger charge is 2.60. The van der Waals surface area contributed by atoms with E-state index in [2.05, 4.69) is 51.1 Å². The molecule has 2 fully saturated rings. The van der Waals surface area contributed by atoms with Gasteiger partial charge in [0.15, 0.2) is 37.5 Å². The van der Waals surface area contributed by atoms with Crippen LogP contribution in [-0.2, 0) is 30.1 Å².